The fourth-order valence-electron chi connectivity index (χ4n) is 1.37. The predicted octanol–water partition coefficient (Wildman–Crippen LogP) is -1.56. The maximum atomic E-state index is 3.94. The summed E-state index contributed by atoms with van der Waals surface area (Å²) in [6.45, 7) is 2.88. The van der Waals surface area contributed by atoms with Crippen molar-refractivity contribution in [1.29, 1.82) is 0 Å². The van der Waals surface area contributed by atoms with E-state index in [0.717, 1.165) is 25.5 Å². The second-order valence-electron chi connectivity index (χ2n) is 2.87. The molecule has 66 valence electrons. The summed E-state index contributed by atoms with van der Waals surface area (Å²) in [4.78, 5) is 0. The lowest BCUT2D eigenvalue weighted by Gasteiger charge is -2.22. The molecule has 2 N–H and O–H groups in total. The largest absolute Gasteiger partial charge is 0.313 e. The van der Waals surface area contributed by atoms with Crippen LogP contribution >= 0.6 is 0 Å². The molecule has 0 amide bonds. The van der Waals surface area contributed by atoms with Gasteiger partial charge < -0.3 is 10.6 Å². The average molecular weight is 168 g/mol. The number of nitrogens with one attached hydrogen (secondary N) is 2. The van der Waals surface area contributed by atoms with E-state index in [1.807, 2.05) is 7.05 Å². The third kappa shape index (κ3) is 1.30. The Morgan fingerprint density at radius 2 is 2.42 bits per heavy atom. The average Bonchev–Trinajstić information content (AvgIpc) is 2.53. The Balaban J connectivity index is 2.13. The molecule has 0 aromatic carbocycles. The molecule has 2 heterocycles. The van der Waals surface area contributed by atoms with Crippen LogP contribution in [0.4, 0.5) is 0 Å². The lowest BCUT2D eigenvalue weighted by Crippen LogP contribution is -2.43. The van der Waals surface area contributed by atoms with E-state index in [2.05, 4.69) is 26.2 Å². The molecular formula is C6H12N6. The van der Waals surface area contributed by atoms with Crippen LogP contribution in [-0.4, -0.2) is 39.8 Å². The van der Waals surface area contributed by atoms with Crippen molar-refractivity contribution in [3.05, 3.63) is 5.82 Å². The van der Waals surface area contributed by atoms with Crippen molar-refractivity contribution in [3.8, 4) is 0 Å². The van der Waals surface area contributed by atoms with E-state index in [1.54, 1.807) is 4.68 Å². The van der Waals surface area contributed by atoms with Crippen LogP contribution in [0.2, 0.25) is 0 Å². The summed E-state index contributed by atoms with van der Waals surface area (Å²) in [7, 11) is 1.85. The van der Waals surface area contributed by atoms with Gasteiger partial charge in [-0.1, -0.05) is 0 Å². The summed E-state index contributed by atoms with van der Waals surface area (Å²) < 4.78 is 1.70. The third-order valence-electron chi connectivity index (χ3n) is 2.01. The standard InChI is InChI=1S/C6H12N6/c1-12-6(9-10-11-12)5-4-7-2-3-8-5/h5,7-8H,2-4H2,1H3. The van der Waals surface area contributed by atoms with Crippen LogP contribution in [0.1, 0.15) is 11.9 Å². The molecular weight excluding hydrogens is 156 g/mol. The van der Waals surface area contributed by atoms with Crippen LogP contribution in [0.25, 0.3) is 0 Å². The van der Waals surface area contributed by atoms with E-state index in [-0.39, 0.29) is 6.04 Å². The van der Waals surface area contributed by atoms with Gasteiger partial charge in [-0.3, -0.25) is 0 Å². The number of nitrogens with zero attached hydrogens (tertiary/aromatic N) is 4. The van der Waals surface area contributed by atoms with Gasteiger partial charge in [0.05, 0.1) is 6.04 Å². The molecule has 6 heteroatoms. The number of hydrogen-bond donors (Lipinski definition) is 2. The smallest absolute Gasteiger partial charge is 0.169 e. The van der Waals surface area contributed by atoms with Gasteiger partial charge >= 0.3 is 0 Å². The minimum Gasteiger partial charge on any atom is -0.313 e. The molecule has 0 radical (unpaired) electrons. The van der Waals surface area contributed by atoms with Crippen LogP contribution in [0, 0.1) is 0 Å². The van der Waals surface area contributed by atoms with Crippen LogP contribution < -0.4 is 10.6 Å². The van der Waals surface area contributed by atoms with Gasteiger partial charge in [0.1, 0.15) is 0 Å². The van der Waals surface area contributed by atoms with Gasteiger partial charge in [0, 0.05) is 26.7 Å². The molecule has 1 aromatic heterocycles. The van der Waals surface area contributed by atoms with E-state index in [0.29, 0.717) is 0 Å². The summed E-state index contributed by atoms with van der Waals surface area (Å²) in [6, 6.07) is 0.249. The van der Waals surface area contributed by atoms with Crippen molar-refractivity contribution in [2.75, 3.05) is 19.6 Å². The molecule has 0 saturated carbocycles. The Bertz CT molecular complexity index is 250. The van der Waals surface area contributed by atoms with Crippen LogP contribution in [0.15, 0.2) is 0 Å². The van der Waals surface area contributed by atoms with Gasteiger partial charge in [0.25, 0.3) is 0 Å². The van der Waals surface area contributed by atoms with E-state index >= 15 is 0 Å². The highest BCUT2D eigenvalue weighted by molar-refractivity contribution is 4.94. The third-order valence-corrected chi connectivity index (χ3v) is 2.01. The summed E-state index contributed by atoms with van der Waals surface area (Å²) in [5.41, 5.74) is 0. The van der Waals surface area contributed by atoms with Gasteiger partial charge in [0.15, 0.2) is 5.82 Å². The topological polar surface area (TPSA) is 67.7 Å². The number of rotatable bonds is 1. The number of aryl methyl sites for hydroxylation is 1. The summed E-state index contributed by atoms with van der Waals surface area (Å²) in [6.07, 6.45) is 0. The second-order valence-corrected chi connectivity index (χ2v) is 2.87. The Hall–Kier alpha value is -1.01. The van der Waals surface area contributed by atoms with Crippen molar-refractivity contribution < 1.29 is 0 Å². The second kappa shape index (κ2) is 3.16. The number of tetrazole rings is 1. The first-order valence-electron chi connectivity index (χ1n) is 4.04. The van der Waals surface area contributed by atoms with Crippen molar-refractivity contribution in [1.82, 2.24) is 30.8 Å². The van der Waals surface area contributed by atoms with Crippen LogP contribution in [0.3, 0.4) is 0 Å². The van der Waals surface area contributed by atoms with E-state index in [4.69, 9.17) is 0 Å². The van der Waals surface area contributed by atoms with Gasteiger partial charge in [-0.25, -0.2) is 4.68 Å². The Morgan fingerprint density at radius 3 is 3.00 bits per heavy atom. The minimum absolute atomic E-state index is 0.249. The predicted molar refractivity (Wildman–Crippen MR) is 42.4 cm³/mol. The minimum atomic E-state index is 0.249. The Morgan fingerprint density at radius 1 is 1.50 bits per heavy atom. The molecule has 1 aromatic rings. The van der Waals surface area contributed by atoms with Crippen LogP contribution in [0.5, 0.6) is 0 Å². The monoisotopic (exact) mass is 168 g/mol. The first kappa shape index (κ1) is 7.63. The van der Waals surface area contributed by atoms with Gasteiger partial charge in [-0.2, -0.15) is 0 Å². The maximum absolute atomic E-state index is 3.94. The van der Waals surface area contributed by atoms with Gasteiger partial charge in [-0.15, -0.1) is 5.10 Å². The number of hydrogen-bond acceptors (Lipinski definition) is 5. The SMILES string of the molecule is Cn1nnnc1C1CNCCN1. The van der Waals surface area contributed by atoms with Crippen molar-refractivity contribution in [3.63, 3.8) is 0 Å². The van der Waals surface area contributed by atoms with Gasteiger partial charge in [-0.05, 0) is 10.4 Å². The summed E-state index contributed by atoms with van der Waals surface area (Å²) in [5, 5.41) is 17.9. The Kier molecular flexibility index (Phi) is 2.01. The lowest BCUT2D eigenvalue weighted by atomic mass is 10.2. The summed E-state index contributed by atoms with van der Waals surface area (Å²) >= 11 is 0. The molecule has 2 rings (SSSR count). The molecule has 1 unspecified atom stereocenters. The molecule has 12 heavy (non-hydrogen) atoms. The van der Waals surface area contributed by atoms with E-state index in [9.17, 15) is 0 Å². The highest BCUT2D eigenvalue weighted by atomic mass is 15.5. The molecule has 0 bridgehead atoms. The highest BCUT2D eigenvalue weighted by Gasteiger charge is 2.18. The molecule has 6 nitrogen and oxygen atoms in total. The quantitative estimate of drug-likeness (QED) is 0.531. The molecule has 0 spiro atoms. The van der Waals surface area contributed by atoms with E-state index < -0.39 is 0 Å². The molecule has 1 fully saturated rings. The van der Waals surface area contributed by atoms with E-state index in [1.165, 1.54) is 0 Å². The van der Waals surface area contributed by atoms with Crippen LogP contribution in [-0.2, 0) is 7.05 Å². The number of aromatic nitrogens is 4. The van der Waals surface area contributed by atoms with Gasteiger partial charge in [0.2, 0.25) is 0 Å². The van der Waals surface area contributed by atoms with Crippen molar-refractivity contribution in [2.45, 2.75) is 6.04 Å². The summed E-state index contributed by atoms with van der Waals surface area (Å²) in [5.74, 6) is 0.891. The fourth-order valence-corrected chi connectivity index (χ4v) is 1.37. The Labute approximate surface area is 70.3 Å². The number of piperazine rings is 1. The molecule has 1 aliphatic heterocycles. The van der Waals surface area contributed by atoms with Crippen molar-refractivity contribution in [2.24, 2.45) is 7.05 Å². The molecule has 0 aliphatic carbocycles. The lowest BCUT2D eigenvalue weighted by molar-refractivity contribution is 0.403. The first-order chi connectivity index (χ1) is 5.88. The first-order valence-corrected chi connectivity index (χ1v) is 4.04. The fraction of sp³-hybridized carbons (Fsp3) is 0.833. The zero-order chi connectivity index (χ0) is 8.39. The normalized spacial score (nSPS) is 24.2. The molecule has 1 aliphatic rings. The highest BCUT2D eigenvalue weighted by Crippen LogP contribution is 2.07. The molecule has 1 saturated heterocycles. The molecule has 1 atom stereocenters. The van der Waals surface area contributed by atoms with Crippen molar-refractivity contribution >= 4 is 0 Å². The zero-order valence-corrected chi connectivity index (χ0v) is 6.99. The maximum Gasteiger partial charge on any atom is 0.169 e. The zero-order valence-electron chi connectivity index (χ0n) is 6.99.